The smallest absolute Gasteiger partial charge is 0.303 e. The zero-order valence-electron chi connectivity index (χ0n) is 16.5. The van der Waals surface area contributed by atoms with Gasteiger partial charge in [-0.1, -0.05) is 13.8 Å². The van der Waals surface area contributed by atoms with E-state index >= 15 is 0 Å². The molecule has 0 unspecified atom stereocenters. The summed E-state index contributed by atoms with van der Waals surface area (Å²) in [5.74, 6) is 0. The molecule has 4 rings (SSSR count). The number of fused-ring (bicyclic) bond motifs is 1. The van der Waals surface area contributed by atoms with Gasteiger partial charge in [-0.15, -0.1) is 0 Å². The Hall–Kier alpha value is -1.67. The van der Waals surface area contributed by atoms with Gasteiger partial charge in [0.05, 0.1) is 11.7 Å². The van der Waals surface area contributed by atoms with Gasteiger partial charge in [-0.25, -0.2) is 9.50 Å². The predicted octanol–water partition coefficient (Wildman–Crippen LogP) is 3.93. The van der Waals surface area contributed by atoms with Crippen LogP contribution >= 0.6 is 0 Å². The Kier molecular flexibility index (Phi) is 5.35. The van der Waals surface area contributed by atoms with Crippen LogP contribution in [-0.2, 0) is 12.6 Å². The number of nitrogens with zero attached hydrogens (tertiary/aromatic N) is 5. The fourth-order valence-corrected chi connectivity index (χ4v) is 4.70. The van der Waals surface area contributed by atoms with Crippen molar-refractivity contribution in [1.29, 1.82) is 0 Å². The van der Waals surface area contributed by atoms with Crippen molar-refractivity contribution in [3.05, 3.63) is 29.2 Å². The van der Waals surface area contributed by atoms with Crippen molar-refractivity contribution in [2.45, 2.75) is 64.2 Å². The second-order valence-electron chi connectivity index (χ2n) is 7.88. The molecule has 28 heavy (non-hydrogen) atoms. The molecule has 2 aliphatic heterocycles. The summed E-state index contributed by atoms with van der Waals surface area (Å²) < 4.78 is 41.7. The van der Waals surface area contributed by atoms with Gasteiger partial charge >= 0.3 is 6.18 Å². The Bertz CT molecular complexity index is 823. The average molecular weight is 395 g/mol. The summed E-state index contributed by atoms with van der Waals surface area (Å²) in [6.45, 7) is 8.26. The highest BCUT2D eigenvalue weighted by Crippen LogP contribution is 2.37. The number of halogens is 3. The topological polar surface area (TPSA) is 36.7 Å². The second-order valence-corrected chi connectivity index (χ2v) is 7.88. The largest absolute Gasteiger partial charge is 0.433 e. The van der Waals surface area contributed by atoms with Gasteiger partial charge in [0.1, 0.15) is 5.69 Å². The van der Waals surface area contributed by atoms with Crippen LogP contribution in [0.1, 0.15) is 62.7 Å². The summed E-state index contributed by atoms with van der Waals surface area (Å²) in [5, 5.41) is 4.39. The van der Waals surface area contributed by atoms with E-state index in [1.165, 1.54) is 0 Å². The van der Waals surface area contributed by atoms with E-state index in [0.29, 0.717) is 23.8 Å². The van der Waals surface area contributed by atoms with Crippen molar-refractivity contribution in [3.8, 4) is 0 Å². The number of alkyl halides is 3. The molecular formula is C20H28F3N5. The van der Waals surface area contributed by atoms with Crippen LogP contribution < -0.4 is 0 Å². The molecule has 1 atom stereocenters. The summed E-state index contributed by atoms with van der Waals surface area (Å²) in [4.78, 5) is 9.33. The van der Waals surface area contributed by atoms with Gasteiger partial charge in [0.2, 0.25) is 0 Å². The quantitative estimate of drug-likeness (QED) is 0.786. The van der Waals surface area contributed by atoms with E-state index in [-0.39, 0.29) is 6.04 Å². The van der Waals surface area contributed by atoms with Gasteiger partial charge in [0, 0.05) is 17.8 Å². The van der Waals surface area contributed by atoms with Gasteiger partial charge in [-0.2, -0.15) is 18.3 Å². The molecule has 4 heterocycles. The number of piperidine rings is 1. The van der Waals surface area contributed by atoms with Crippen LogP contribution in [0.2, 0.25) is 0 Å². The molecule has 0 amide bonds. The Balaban J connectivity index is 1.65. The molecule has 2 aliphatic rings. The first-order chi connectivity index (χ1) is 13.4. The third-order valence-electron chi connectivity index (χ3n) is 6.26. The Labute approximate surface area is 163 Å². The summed E-state index contributed by atoms with van der Waals surface area (Å²) in [6.07, 6.45) is 0.252. The number of likely N-dealkylation sites (tertiary alicyclic amines) is 2. The lowest BCUT2D eigenvalue weighted by Gasteiger charge is -2.38. The lowest BCUT2D eigenvalue weighted by Crippen LogP contribution is -2.44. The van der Waals surface area contributed by atoms with Crippen LogP contribution in [0, 0.1) is 0 Å². The van der Waals surface area contributed by atoms with E-state index < -0.39 is 11.9 Å². The lowest BCUT2D eigenvalue weighted by molar-refractivity contribution is -0.142. The zero-order chi connectivity index (χ0) is 19.9. The minimum Gasteiger partial charge on any atom is -0.303 e. The zero-order valence-corrected chi connectivity index (χ0v) is 16.5. The normalized spacial score (nSPS) is 23.1. The molecule has 0 bridgehead atoms. The summed E-state index contributed by atoms with van der Waals surface area (Å²) in [7, 11) is 0. The van der Waals surface area contributed by atoms with E-state index in [4.69, 9.17) is 0 Å². The molecule has 5 nitrogen and oxygen atoms in total. The van der Waals surface area contributed by atoms with Crippen LogP contribution in [0.15, 0.2) is 12.1 Å². The maximum absolute atomic E-state index is 13.6. The van der Waals surface area contributed by atoms with E-state index in [2.05, 4.69) is 26.8 Å². The first-order valence-electron chi connectivity index (χ1n) is 10.4. The highest BCUT2D eigenvalue weighted by molar-refractivity contribution is 5.43. The molecule has 2 fully saturated rings. The first-order valence-corrected chi connectivity index (χ1v) is 10.4. The molecule has 0 aliphatic carbocycles. The van der Waals surface area contributed by atoms with E-state index in [1.807, 2.05) is 6.92 Å². The standard InChI is InChI=1S/C20H28F3N5/c1-3-14-12-18(20(21,22)23)28-19(24-14)13-16(25-28)17-6-5-9-27(17)15-7-10-26(4-2)11-8-15/h12-13,15,17H,3-11H2,1-2H3/t17-/m1/s1. The predicted molar refractivity (Wildman–Crippen MR) is 101 cm³/mol. The van der Waals surface area contributed by atoms with Gasteiger partial charge < -0.3 is 4.90 Å². The summed E-state index contributed by atoms with van der Waals surface area (Å²) in [5.41, 5.74) is 0.735. The highest BCUT2D eigenvalue weighted by Gasteiger charge is 2.38. The third-order valence-corrected chi connectivity index (χ3v) is 6.26. The molecule has 0 saturated carbocycles. The van der Waals surface area contributed by atoms with Crippen LogP contribution in [0.25, 0.3) is 5.65 Å². The molecule has 2 aromatic heterocycles. The van der Waals surface area contributed by atoms with Crippen molar-refractivity contribution < 1.29 is 13.2 Å². The maximum Gasteiger partial charge on any atom is 0.433 e. The van der Waals surface area contributed by atoms with E-state index in [9.17, 15) is 13.2 Å². The second kappa shape index (κ2) is 7.63. The SMILES string of the molecule is CCc1cc(C(F)(F)F)n2nc([C@H]3CCCN3C3CCN(CC)CC3)cc2n1. The number of hydrogen-bond donors (Lipinski definition) is 0. The number of aryl methyl sites for hydroxylation is 1. The Morgan fingerprint density at radius 2 is 1.82 bits per heavy atom. The Morgan fingerprint density at radius 1 is 1.07 bits per heavy atom. The van der Waals surface area contributed by atoms with Crippen molar-refractivity contribution >= 4 is 5.65 Å². The lowest BCUT2D eigenvalue weighted by atomic mass is 10.0. The van der Waals surface area contributed by atoms with Gasteiger partial charge in [0.15, 0.2) is 5.65 Å². The molecule has 0 N–H and O–H groups in total. The highest BCUT2D eigenvalue weighted by atomic mass is 19.4. The van der Waals surface area contributed by atoms with E-state index in [0.717, 1.165) is 68.1 Å². The molecule has 2 aromatic rings. The van der Waals surface area contributed by atoms with Crippen molar-refractivity contribution in [2.24, 2.45) is 0 Å². The summed E-state index contributed by atoms with van der Waals surface area (Å²) in [6, 6.07) is 3.46. The van der Waals surface area contributed by atoms with Crippen molar-refractivity contribution in [3.63, 3.8) is 0 Å². The fraction of sp³-hybridized carbons (Fsp3) is 0.700. The van der Waals surface area contributed by atoms with Crippen LogP contribution in [0.3, 0.4) is 0 Å². The first kappa shape index (κ1) is 19.6. The average Bonchev–Trinajstić information content (AvgIpc) is 3.32. The van der Waals surface area contributed by atoms with Crippen LogP contribution in [-0.4, -0.2) is 56.6 Å². The maximum atomic E-state index is 13.6. The molecular weight excluding hydrogens is 367 g/mol. The molecule has 8 heteroatoms. The van der Waals surface area contributed by atoms with Crippen LogP contribution in [0.5, 0.6) is 0 Å². The number of hydrogen-bond acceptors (Lipinski definition) is 4. The molecule has 154 valence electrons. The minimum atomic E-state index is -4.45. The molecule has 0 radical (unpaired) electrons. The van der Waals surface area contributed by atoms with Crippen LogP contribution in [0.4, 0.5) is 13.2 Å². The third kappa shape index (κ3) is 3.64. The number of aromatic nitrogens is 3. The van der Waals surface area contributed by atoms with Gasteiger partial charge in [0.25, 0.3) is 0 Å². The molecule has 0 spiro atoms. The van der Waals surface area contributed by atoms with Gasteiger partial charge in [-0.05, 0) is 64.3 Å². The van der Waals surface area contributed by atoms with Crippen molar-refractivity contribution in [2.75, 3.05) is 26.2 Å². The summed E-state index contributed by atoms with van der Waals surface area (Å²) >= 11 is 0. The monoisotopic (exact) mass is 395 g/mol. The minimum absolute atomic E-state index is 0.0889. The molecule has 0 aromatic carbocycles. The van der Waals surface area contributed by atoms with Gasteiger partial charge in [-0.3, -0.25) is 4.90 Å². The van der Waals surface area contributed by atoms with E-state index in [1.54, 1.807) is 6.07 Å². The van der Waals surface area contributed by atoms with Crippen molar-refractivity contribution in [1.82, 2.24) is 24.4 Å². The fourth-order valence-electron chi connectivity index (χ4n) is 4.70. The molecule has 2 saturated heterocycles. The number of rotatable bonds is 4. The Morgan fingerprint density at radius 3 is 2.46 bits per heavy atom.